The topological polar surface area (TPSA) is 71.9 Å². The fourth-order valence-corrected chi connectivity index (χ4v) is 1.36. The average molecular weight is 243 g/mol. The van der Waals surface area contributed by atoms with Gasteiger partial charge in [0.1, 0.15) is 5.60 Å². The van der Waals surface area contributed by atoms with Gasteiger partial charge in [0.15, 0.2) is 0 Å². The van der Waals surface area contributed by atoms with Gasteiger partial charge in [-0.15, -0.1) is 0 Å². The summed E-state index contributed by atoms with van der Waals surface area (Å²) in [5, 5.41) is 12.6. The Morgan fingerprint density at radius 2 is 1.94 bits per heavy atom. The van der Waals surface area contributed by atoms with Gasteiger partial charge in [0.05, 0.1) is 11.6 Å². The van der Waals surface area contributed by atoms with Gasteiger partial charge < -0.3 is 9.26 Å². The molecule has 0 atom stereocenters. The zero-order valence-corrected chi connectivity index (χ0v) is 10.5. The number of benzene rings is 1. The van der Waals surface area contributed by atoms with Crippen LogP contribution < -0.4 is 0 Å². The van der Waals surface area contributed by atoms with E-state index in [9.17, 15) is 0 Å². The van der Waals surface area contributed by atoms with Crippen molar-refractivity contribution in [3.8, 4) is 17.5 Å². The molecule has 18 heavy (non-hydrogen) atoms. The predicted molar refractivity (Wildman–Crippen MR) is 64.5 cm³/mol. The van der Waals surface area contributed by atoms with E-state index < -0.39 is 5.60 Å². The fraction of sp³-hybridized carbons (Fsp3) is 0.308. The van der Waals surface area contributed by atoms with Gasteiger partial charge in [-0.2, -0.15) is 10.2 Å². The summed E-state index contributed by atoms with van der Waals surface area (Å²) in [6.07, 6.45) is 0. The molecule has 5 heteroatoms. The fourth-order valence-electron chi connectivity index (χ4n) is 1.36. The second kappa shape index (κ2) is 4.59. The quantitative estimate of drug-likeness (QED) is 0.828. The molecular formula is C13H13N3O2. The lowest BCUT2D eigenvalue weighted by Crippen LogP contribution is -2.21. The van der Waals surface area contributed by atoms with Crippen LogP contribution in [0.5, 0.6) is 0 Å². The van der Waals surface area contributed by atoms with Gasteiger partial charge in [-0.3, -0.25) is 0 Å². The molecule has 0 aliphatic heterocycles. The van der Waals surface area contributed by atoms with Crippen molar-refractivity contribution in [2.75, 3.05) is 7.11 Å². The molecule has 92 valence electrons. The lowest BCUT2D eigenvalue weighted by atomic mass is 10.1. The van der Waals surface area contributed by atoms with Crippen LogP contribution in [-0.2, 0) is 10.3 Å². The average Bonchev–Trinajstić information content (AvgIpc) is 2.89. The lowest BCUT2D eigenvalue weighted by Gasteiger charge is -2.17. The number of methoxy groups -OCH3 is 1. The molecule has 0 unspecified atom stereocenters. The number of hydrogen-bond acceptors (Lipinski definition) is 5. The summed E-state index contributed by atoms with van der Waals surface area (Å²) in [7, 11) is 1.59. The van der Waals surface area contributed by atoms with Crippen LogP contribution in [0.25, 0.3) is 11.5 Å². The first-order valence-corrected chi connectivity index (χ1v) is 5.46. The maximum atomic E-state index is 8.72. The van der Waals surface area contributed by atoms with Gasteiger partial charge in [-0.05, 0) is 38.1 Å². The van der Waals surface area contributed by atoms with E-state index in [0.29, 0.717) is 17.3 Å². The molecule has 2 rings (SSSR count). The van der Waals surface area contributed by atoms with Gasteiger partial charge in [-0.1, -0.05) is 5.16 Å². The van der Waals surface area contributed by atoms with Crippen molar-refractivity contribution in [1.29, 1.82) is 5.26 Å². The summed E-state index contributed by atoms with van der Waals surface area (Å²) >= 11 is 0. The van der Waals surface area contributed by atoms with Gasteiger partial charge in [0, 0.05) is 12.7 Å². The van der Waals surface area contributed by atoms with E-state index in [1.165, 1.54) is 0 Å². The van der Waals surface area contributed by atoms with E-state index in [4.69, 9.17) is 14.5 Å². The molecule has 0 spiro atoms. The van der Waals surface area contributed by atoms with E-state index in [-0.39, 0.29) is 0 Å². The zero-order chi connectivity index (χ0) is 13.2. The Bertz CT molecular complexity index is 579. The zero-order valence-electron chi connectivity index (χ0n) is 10.5. The number of nitrogens with zero attached hydrogens (tertiary/aromatic N) is 3. The molecule has 0 saturated carbocycles. The van der Waals surface area contributed by atoms with Crippen molar-refractivity contribution < 1.29 is 9.26 Å². The summed E-state index contributed by atoms with van der Waals surface area (Å²) in [5.74, 6) is 0.906. The van der Waals surface area contributed by atoms with Gasteiger partial charge >= 0.3 is 0 Å². The summed E-state index contributed by atoms with van der Waals surface area (Å²) < 4.78 is 10.5. The van der Waals surface area contributed by atoms with E-state index in [1.54, 1.807) is 31.4 Å². The maximum absolute atomic E-state index is 8.72. The normalized spacial score (nSPS) is 11.2. The molecule has 1 heterocycles. The van der Waals surface area contributed by atoms with Gasteiger partial charge in [-0.25, -0.2) is 0 Å². The molecule has 1 aromatic carbocycles. The molecule has 0 aliphatic carbocycles. The summed E-state index contributed by atoms with van der Waals surface area (Å²) in [6.45, 7) is 3.72. The Morgan fingerprint density at radius 1 is 1.28 bits per heavy atom. The van der Waals surface area contributed by atoms with Crippen LogP contribution >= 0.6 is 0 Å². The third kappa shape index (κ3) is 2.24. The minimum atomic E-state index is -0.589. The van der Waals surface area contributed by atoms with Crippen LogP contribution in [0.2, 0.25) is 0 Å². The maximum Gasteiger partial charge on any atom is 0.258 e. The van der Waals surface area contributed by atoms with Crippen molar-refractivity contribution >= 4 is 0 Å². The molecule has 0 saturated heterocycles. The minimum Gasteiger partial charge on any atom is -0.371 e. The molecular weight excluding hydrogens is 230 g/mol. The third-order valence-electron chi connectivity index (χ3n) is 2.74. The van der Waals surface area contributed by atoms with Crippen LogP contribution in [0.1, 0.15) is 25.2 Å². The Morgan fingerprint density at radius 3 is 2.50 bits per heavy atom. The number of hydrogen-bond donors (Lipinski definition) is 0. The van der Waals surface area contributed by atoms with Crippen molar-refractivity contribution in [3.05, 3.63) is 35.7 Å². The summed E-state index contributed by atoms with van der Waals surface area (Å²) in [4.78, 5) is 4.29. The standard InChI is InChI=1S/C13H13N3O2/c1-13(2,17-3)12-15-11(18-16-12)10-6-4-9(8-14)5-7-10/h4-7H,1-3H3. The summed E-state index contributed by atoms with van der Waals surface area (Å²) in [6, 6.07) is 9.02. The molecule has 5 nitrogen and oxygen atoms in total. The number of nitriles is 1. The third-order valence-corrected chi connectivity index (χ3v) is 2.74. The molecule has 0 radical (unpaired) electrons. The second-order valence-electron chi connectivity index (χ2n) is 4.33. The van der Waals surface area contributed by atoms with Crippen molar-refractivity contribution in [3.63, 3.8) is 0 Å². The monoisotopic (exact) mass is 243 g/mol. The largest absolute Gasteiger partial charge is 0.371 e. The van der Waals surface area contributed by atoms with Crippen LogP contribution in [0.15, 0.2) is 28.8 Å². The highest BCUT2D eigenvalue weighted by Gasteiger charge is 2.26. The highest BCUT2D eigenvalue weighted by Crippen LogP contribution is 2.24. The van der Waals surface area contributed by atoms with E-state index in [2.05, 4.69) is 16.2 Å². The minimum absolute atomic E-state index is 0.416. The highest BCUT2D eigenvalue weighted by molar-refractivity contribution is 5.54. The molecule has 2 aromatic rings. The van der Waals surface area contributed by atoms with E-state index >= 15 is 0 Å². The second-order valence-corrected chi connectivity index (χ2v) is 4.33. The van der Waals surface area contributed by atoms with Crippen LogP contribution in [0.4, 0.5) is 0 Å². The van der Waals surface area contributed by atoms with Crippen LogP contribution in [-0.4, -0.2) is 17.3 Å². The highest BCUT2D eigenvalue weighted by atomic mass is 16.5. The van der Waals surface area contributed by atoms with Crippen LogP contribution in [0.3, 0.4) is 0 Å². The lowest BCUT2D eigenvalue weighted by molar-refractivity contribution is 0.00973. The van der Waals surface area contributed by atoms with Gasteiger partial charge in [0.2, 0.25) is 5.82 Å². The Balaban J connectivity index is 2.32. The smallest absolute Gasteiger partial charge is 0.258 e. The molecule has 0 fully saturated rings. The molecule has 1 aromatic heterocycles. The SMILES string of the molecule is COC(C)(C)c1noc(-c2ccc(C#N)cc2)n1. The molecule has 0 bridgehead atoms. The Hall–Kier alpha value is -2.19. The van der Waals surface area contributed by atoms with Crippen molar-refractivity contribution in [2.45, 2.75) is 19.4 Å². The van der Waals surface area contributed by atoms with Crippen LogP contribution in [0, 0.1) is 11.3 Å². The van der Waals surface area contributed by atoms with Gasteiger partial charge in [0.25, 0.3) is 5.89 Å². The Labute approximate surface area is 105 Å². The van der Waals surface area contributed by atoms with E-state index in [1.807, 2.05) is 13.8 Å². The summed E-state index contributed by atoms with van der Waals surface area (Å²) in [5.41, 5.74) is 0.782. The van der Waals surface area contributed by atoms with Crippen molar-refractivity contribution in [1.82, 2.24) is 10.1 Å². The number of rotatable bonds is 3. The molecule has 0 aliphatic rings. The van der Waals surface area contributed by atoms with E-state index in [0.717, 1.165) is 5.56 Å². The Kier molecular flexibility index (Phi) is 3.13. The first-order chi connectivity index (χ1) is 8.56. The molecule has 0 N–H and O–H groups in total. The molecule has 0 amide bonds. The number of aromatic nitrogens is 2. The predicted octanol–water partition coefficient (Wildman–Crippen LogP) is 2.49. The van der Waals surface area contributed by atoms with Crippen molar-refractivity contribution in [2.24, 2.45) is 0 Å². The first kappa shape index (κ1) is 12.3. The number of ether oxygens (including phenoxy) is 1. The first-order valence-electron chi connectivity index (χ1n) is 5.46.